The van der Waals surface area contributed by atoms with Crippen LogP contribution in [0, 0.1) is 17.3 Å². The molecular weight excluding hydrogens is 875 g/mol. The monoisotopic (exact) mass is 944 g/mol. The van der Waals surface area contributed by atoms with Gasteiger partial charge in [-0.05, 0) is 110 Å². The number of carbonyl (C=O) groups excluding carboxylic acids is 5. The van der Waals surface area contributed by atoms with Gasteiger partial charge in [-0.15, -0.1) is 0 Å². The third-order valence-corrected chi connectivity index (χ3v) is 14.4. The minimum atomic E-state index is -1.16. The molecular formula is C53H69N9O7. The third-order valence-electron chi connectivity index (χ3n) is 14.4. The van der Waals surface area contributed by atoms with Gasteiger partial charge in [-0.1, -0.05) is 46.4 Å². The van der Waals surface area contributed by atoms with Crippen LogP contribution in [0.15, 0.2) is 67.4 Å². The predicted octanol–water partition coefficient (Wildman–Crippen LogP) is 5.01. The molecule has 69 heavy (non-hydrogen) atoms. The summed E-state index contributed by atoms with van der Waals surface area (Å²) in [5.41, 5.74) is 8.96. The lowest BCUT2D eigenvalue weighted by atomic mass is 9.84. The maximum absolute atomic E-state index is 14.7. The van der Waals surface area contributed by atoms with E-state index in [2.05, 4.69) is 83.8 Å². The van der Waals surface area contributed by atoms with E-state index in [0.717, 1.165) is 70.8 Å². The molecule has 4 aliphatic heterocycles. The molecule has 0 aliphatic carbocycles. The number of hydrogen-bond acceptors (Lipinski definition) is 11. The molecule has 0 unspecified atom stereocenters. The Balaban J connectivity index is 1.17. The van der Waals surface area contributed by atoms with Gasteiger partial charge in [-0.2, -0.15) is 0 Å². The van der Waals surface area contributed by atoms with Crippen molar-refractivity contribution < 1.29 is 33.8 Å². The zero-order chi connectivity index (χ0) is 49.3. The van der Waals surface area contributed by atoms with Crippen molar-refractivity contribution in [1.82, 2.24) is 40.0 Å². The SMILES string of the molecule is C=CC(=O)N1CC[C@H](C(=O)N(C)[C@H](C(=O)N[C@H]2Cc3cc(O)cc(c3)-c3ccc4c(c3)c(c(-c3ccc(N5CCN(C)CC5)nc3)n4CC)CC(C)(C)COC(=O)[C@@H]3CCCN(N3)C2=O)C(C)C)C1. The Morgan fingerprint density at radius 2 is 1.75 bits per heavy atom. The van der Waals surface area contributed by atoms with E-state index in [0.29, 0.717) is 44.3 Å². The minimum Gasteiger partial charge on any atom is -0.508 e. The fourth-order valence-electron chi connectivity index (χ4n) is 10.7. The van der Waals surface area contributed by atoms with Crippen molar-refractivity contribution in [1.29, 1.82) is 0 Å². The molecule has 0 spiro atoms. The van der Waals surface area contributed by atoms with Crippen LogP contribution in [0.5, 0.6) is 5.75 Å². The molecule has 3 saturated heterocycles. The smallest absolute Gasteiger partial charge is 0.324 e. The zero-order valence-corrected chi connectivity index (χ0v) is 41.3. The fraction of sp³-hybridized carbons (Fsp3) is 0.509. The van der Waals surface area contributed by atoms with E-state index in [1.54, 1.807) is 24.1 Å². The number of hydrazine groups is 1. The van der Waals surface area contributed by atoms with Crippen LogP contribution in [0.3, 0.4) is 0 Å². The van der Waals surface area contributed by atoms with Gasteiger partial charge in [0.15, 0.2) is 0 Å². The normalized spacial score (nSPS) is 21.7. The van der Waals surface area contributed by atoms with Crippen molar-refractivity contribution in [2.45, 2.75) is 91.4 Å². The number of aromatic nitrogens is 2. The summed E-state index contributed by atoms with van der Waals surface area (Å²) in [6.07, 6.45) is 5.19. The molecule has 16 heteroatoms. The molecule has 0 saturated carbocycles. The lowest BCUT2D eigenvalue weighted by Crippen LogP contribution is -2.62. The van der Waals surface area contributed by atoms with Crippen LogP contribution < -0.4 is 15.6 Å². The van der Waals surface area contributed by atoms with Gasteiger partial charge in [0.25, 0.3) is 5.91 Å². The third kappa shape index (κ3) is 10.5. The number of piperazine rings is 1. The van der Waals surface area contributed by atoms with Crippen molar-refractivity contribution >= 4 is 46.3 Å². The maximum atomic E-state index is 14.7. The van der Waals surface area contributed by atoms with Gasteiger partial charge < -0.3 is 39.3 Å². The minimum absolute atomic E-state index is 0.000877. The number of pyridine rings is 1. The molecule has 0 radical (unpaired) electrons. The fourth-order valence-corrected chi connectivity index (χ4v) is 10.7. The van der Waals surface area contributed by atoms with Gasteiger partial charge in [0, 0.05) is 93.9 Å². The maximum Gasteiger partial charge on any atom is 0.324 e. The number of rotatable bonds is 9. The molecule has 4 atom stereocenters. The van der Waals surface area contributed by atoms with Crippen LogP contribution in [-0.4, -0.2) is 149 Å². The highest BCUT2D eigenvalue weighted by Crippen LogP contribution is 2.41. The van der Waals surface area contributed by atoms with E-state index in [-0.39, 0.29) is 49.6 Å². The van der Waals surface area contributed by atoms with Crippen LogP contribution >= 0.6 is 0 Å². The number of phenols is 1. The van der Waals surface area contributed by atoms with Gasteiger partial charge in [0.1, 0.15) is 29.7 Å². The van der Waals surface area contributed by atoms with Crippen molar-refractivity contribution in [2.75, 3.05) is 71.4 Å². The Kier molecular flexibility index (Phi) is 14.5. The van der Waals surface area contributed by atoms with E-state index in [1.807, 2.05) is 32.2 Å². The number of nitrogens with zero attached hydrogens (tertiary/aromatic N) is 7. The summed E-state index contributed by atoms with van der Waals surface area (Å²) in [7, 11) is 3.73. The Labute approximate surface area is 405 Å². The Morgan fingerprint density at radius 1 is 1.00 bits per heavy atom. The molecule has 16 nitrogen and oxygen atoms in total. The van der Waals surface area contributed by atoms with Crippen LogP contribution in [0.4, 0.5) is 5.82 Å². The van der Waals surface area contributed by atoms with Gasteiger partial charge in [0.2, 0.25) is 17.7 Å². The van der Waals surface area contributed by atoms with Crippen molar-refractivity contribution in [3.8, 4) is 28.1 Å². The highest BCUT2D eigenvalue weighted by molar-refractivity contribution is 5.96. The van der Waals surface area contributed by atoms with Crippen LogP contribution in [0.1, 0.15) is 65.0 Å². The standard InChI is InChI=1S/C53H69N9O7/c1-9-46(64)60-19-17-37(31-60)50(66)58(8)47(33(3)4)49(65)55-43-26-34-24-38(27-39(63)25-34)35-13-15-44-40(28-35)41(29-53(5,6)32-69-52(68)42-12-11-18-62(56-42)51(43)67)48(61(44)10-2)36-14-16-45(54-30-36)59-22-20-57(7)21-23-59/h9,13-16,24-25,27-28,30,33,37,42-43,47,56,63H,1,10-12,17-23,26,29,31-32H2,2-8H3,(H,55,65)/t37-,42-,43-,47-/m0/s1. The first-order chi connectivity index (χ1) is 32.9. The van der Waals surface area contributed by atoms with Crippen LogP contribution in [-0.2, 0) is 48.1 Å². The zero-order valence-electron chi connectivity index (χ0n) is 41.3. The molecule has 4 aliphatic rings. The van der Waals surface area contributed by atoms with Gasteiger partial charge in [-0.3, -0.25) is 29.0 Å². The first kappa shape index (κ1) is 49.2. The van der Waals surface area contributed by atoms with E-state index in [9.17, 15) is 29.1 Å². The number of cyclic esters (lactones) is 1. The summed E-state index contributed by atoms with van der Waals surface area (Å²) in [6.45, 7) is 19.1. The van der Waals surface area contributed by atoms with E-state index in [4.69, 9.17) is 9.72 Å². The second-order valence-electron chi connectivity index (χ2n) is 20.5. The number of amides is 4. The second-order valence-corrected chi connectivity index (χ2v) is 20.5. The molecule has 4 aromatic rings. The van der Waals surface area contributed by atoms with E-state index < -0.39 is 47.2 Å². The highest BCUT2D eigenvalue weighted by atomic mass is 16.5. The van der Waals surface area contributed by atoms with Gasteiger partial charge in [0.05, 0.1) is 18.2 Å². The first-order valence-electron chi connectivity index (χ1n) is 24.6. The second kappa shape index (κ2) is 20.4. The molecule has 2 aromatic carbocycles. The lowest BCUT2D eigenvalue weighted by molar-refractivity contribution is -0.155. The Hall–Kier alpha value is -6.26. The van der Waals surface area contributed by atoms with E-state index >= 15 is 0 Å². The van der Waals surface area contributed by atoms with Crippen LogP contribution in [0.25, 0.3) is 33.3 Å². The van der Waals surface area contributed by atoms with Gasteiger partial charge in [-0.25, -0.2) is 10.4 Å². The summed E-state index contributed by atoms with van der Waals surface area (Å²) in [5, 5.41) is 16.8. The quantitative estimate of drug-likeness (QED) is 0.152. The summed E-state index contributed by atoms with van der Waals surface area (Å²) in [4.78, 5) is 82.2. The number of hydrogen-bond donors (Lipinski definition) is 3. The average molecular weight is 944 g/mol. The number of aryl methyl sites for hydroxylation is 1. The summed E-state index contributed by atoms with van der Waals surface area (Å²) < 4.78 is 8.45. The van der Waals surface area contributed by atoms with Crippen molar-refractivity contribution in [3.05, 3.63) is 78.5 Å². The number of likely N-dealkylation sites (N-methyl/N-ethyl adjacent to an activating group) is 2. The number of anilines is 1. The number of nitrogens with one attached hydrogen (secondary N) is 2. The predicted molar refractivity (Wildman–Crippen MR) is 266 cm³/mol. The number of likely N-dealkylation sites (tertiary alicyclic amines) is 1. The Bertz CT molecular complexity index is 2600. The van der Waals surface area contributed by atoms with Crippen molar-refractivity contribution in [2.24, 2.45) is 17.3 Å². The average Bonchev–Trinajstić information content (AvgIpc) is 3.95. The lowest BCUT2D eigenvalue weighted by Gasteiger charge is -2.37. The largest absolute Gasteiger partial charge is 0.508 e. The number of phenolic OH excluding ortho intramolecular Hbond substituents is 1. The molecule has 6 bridgehead atoms. The molecule has 368 valence electrons. The molecule has 4 amide bonds. The van der Waals surface area contributed by atoms with Crippen molar-refractivity contribution in [3.63, 3.8) is 0 Å². The number of benzene rings is 2. The molecule has 6 heterocycles. The number of aromatic hydroxyl groups is 1. The number of carbonyl (C=O) groups is 5. The summed E-state index contributed by atoms with van der Waals surface area (Å²) >= 11 is 0. The van der Waals surface area contributed by atoms with E-state index in [1.165, 1.54) is 16.0 Å². The highest BCUT2D eigenvalue weighted by Gasteiger charge is 2.40. The number of ether oxygens (including phenoxy) is 1. The van der Waals surface area contributed by atoms with Gasteiger partial charge >= 0.3 is 5.97 Å². The van der Waals surface area contributed by atoms with Crippen LogP contribution in [0.2, 0.25) is 0 Å². The Morgan fingerprint density at radius 3 is 2.45 bits per heavy atom. The number of fused-ring (bicyclic) bond motifs is 6. The molecule has 3 N–H and O–H groups in total. The summed E-state index contributed by atoms with van der Waals surface area (Å²) in [5.74, 6) is -1.86. The summed E-state index contributed by atoms with van der Waals surface area (Å²) in [6, 6.07) is 12.9. The topological polar surface area (TPSA) is 173 Å². The molecule has 3 fully saturated rings. The molecule has 8 rings (SSSR count). The first-order valence-corrected chi connectivity index (χ1v) is 24.6. The number of esters is 1. The molecule has 2 aromatic heterocycles.